The standard InChI is InChI=1S/C17H24N4O2S/c18-12(10-11-6-2-1-3-7-11)15(22)16(23)20-21-17-19-13-8-4-5-9-14(13)24-17/h4-5,8-9,11-12,15,22H,1-3,6-7,10,18H2,(H,19,21)(H,20,23). The number of aliphatic hydroxyl groups excluding tert-OH is 1. The first-order valence-corrected chi connectivity index (χ1v) is 9.30. The number of aliphatic hydroxyl groups is 1. The van der Waals surface area contributed by atoms with E-state index < -0.39 is 18.1 Å². The van der Waals surface area contributed by atoms with Crippen LogP contribution in [0.1, 0.15) is 38.5 Å². The van der Waals surface area contributed by atoms with Gasteiger partial charge in [-0.3, -0.25) is 15.6 Å². The summed E-state index contributed by atoms with van der Waals surface area (Å²) < 4.78 is 1.03. The Morgan fingerprint density at radius 3 is 2.83 bits per heavy atom. The predicted octanol–water partition coefficient (Wildman–Crippen LogP) is 2.40. The highest BCUT2D eigenvalue weighted by Crippen LogP contribution is 2.27. The van der Waals surface area contributed by atoms with Crippen molar-refractivity contribution in [2.24, 2.45) is 11.7 Å². The van der Waals surface area contributed by atoms with Gasteiger partial charge >= 0.3 is 0 Å². The normalized spacial score (nSPS) is 18.2. The number of nitrogens with two attached hydrogens (primary N) is 1. The highest BCUT2D eigenvalue weighted by atomic mass is 32.1. The molecule has 24 heavy (non-hydrogen) atoms. The largest absolute Gasteiger partial charge is 0.382 e. The molecule has 1 aromatic carbocycles. The molecule has 6 nitrogen and oxygen atoms in total. The van der Waals surface area contributed by atoms with Crippen LogP contribution in [0.25, 0.3) is 10.2 Å². The zero-order valence-electron chi connectivity index (χ0n) is 13.6. The molecule has 0 saturated heterocycles. The molecule has 2 atom stereocenters. The number of para-hydroxylation sites is 1. The van der Waals surface area contributed by atoms with E-state index in [4.69, 9.17) is 5.73 Å². The van der Waals surface area contributed by atoms with Crippen molar-refractivity contribution in [2.75, 3.05) is 5.43 Å². The molecule has 2 aromatic rings. The third kappa shape index (κ3) is 4.23. The molecule has 1 aliphatic carbocycles. The number of hydrazine groups is 1. The Morgan fingerprint density at radius 1 is 1.33 bits per heavy atom. The van der Waals surface area contributed by atoms with E-state index >= 15 is 0 Å². The van der Waals surface area contributed by atoms with Crippen molar-refractivity contribution in [2.45, 2.75) is 50.7 Å². The average molecular weight is 348 g/mol. The van der Waals surface area contributed by atoms with Gasteiger partial charge in [-0.1, -0.05) is 55.6 Å². The number of benzene rings is 1. The fourth-order valence-electron chi connectivity index (χ4n) is 3.25. The maximum atomic E-state index is 12.1. The van der Waals surface area contributed by atoms with Crippen LogP contribution in [0.3, 0.4) is 0 Å². The molecule has 1 aromatic heterocycles. The van der Waals surface area contributed by atoms with Gasteiger partial charge in [0, 0.05) is 6.04 Å². The minimum absolute atomic E-state index is 0.516. The van der Waals surface area contributed by atoms with E-state index in [9.17, 15) is 9.90 Å². The monoisotopic (exact) mass is 348 g/mol. The van der Waals surface area contributed by atoms with E-state index in [1.54, 1.807) is 0 Å². The summed E-state index contributed by atoms with van der Waals surface area (Å²) >= 11 is 1.44. The van der Waals surface area contributed by atoms with Crippen LogP contribution in [0.4, 0.5) is 5.13 Å². The number of carbonyl (C=O) groups excluding carboxylic acids is 1. The molecule has 0 radical (unpaired) electrons. The maximum Gasteiger partial charge on any atom is 0.268 e. The van der Waals surface area contributed by atoms with Crippen molar-refractivity contribution in [1.82, 2.24) is 10.4 Å². The molecule has 0 spiro atoms. The molecule has 1 fully saturated rings. The van der Waals surface area contributed by atoms with Crippen molar-refractivity contribution in [3.63, 3.8) is 0 Å². The third-order valence-electron chi connectivity index (χ3n) is 4.59. The van der Waals surface area contributed by atoms with Gasteiger partial charge in [-0.15, -0.1) is 0 Å². The molecule has 0 bridgehead atoms. The summed E-state index contributed by atoms with van der Waals surface area (Å²) in [6.45, 7) is 0. The second kappa shape index (κ2) is 7.92. The first-order valence-electron chi connectivity index (χ1n) is 8.48. The Morgan fingerprint density at radius 2 is 2.08 bits per heavy atom. The van der Waals surface area contributed by atoms with Crippen LogP contribution in [-0.2, 0) is 4.79 Å². The van der Waals surface area contributed by atoms with E-state index in [-0.39, 0.29) is 0 Å². The number of anilines is 1. The summed E-state index contributed by atoms with van der Waals surface area (Å²) in [4.78, 5) is 16.5. The summed E-state index contributed by atoms with van der Waals surface area (Å²) in [6, 6.07) is 7.20. The second-order valence-electron chi connectivity index (χ2n) is 6.45. The molecule has 2 unspecified atom stereocenters. The van der Waals surface area contributed by atoms with Crippen LogP contribution in [0.5, 0.6) is 0 Å². The number of amides is 1. The number of carbonyl (C=O) groups is 1. The van der Waals surface area contributed by atoms with Crippen LogP contribution in [0.15, 0.2) is 24.3 Å². The van der Waals surface area contributed by atoms with Crippen LogP contribution < -0.4 is 16.6 Å². The highest BCUT2D eigenvalue weighted by molar-refractivity contribution is 7.22. The lowest BCUT2D eigenvalue weighted by atomic mass is 9.84. The fraction of sp³-hybridized carbons (Fsp3) is 0.529. The first kappa shape index (κ1) is 17.1. The van der Waals surface area contributed by atoms with Crippen molar-refractivity contribution in [3.8, 4) is 0 Å². The number of rotatable bonds is 6. The number of hydrogen-bond acceptors (Lipinski definition) is 6. The van der Waals surface area contributed by atoms with Gasteiger partial charge in [0.1, 0.15) is 6.10 Å². The predicted molar refractivity (Wildman–Crippen MR) is 96.6 cm³/mol. The Bertz CT molecular complexity index is 651. The number of nitrogens with zero attached hydrogens (tertiary/aromatic N) is 1. The number of fused-ring (bicyclic) bond motifs is 1. The number of hydrogen-bond donors (Lipinski definition) is 4. The van der Waals surface area contributed by atoms with Crippen molar-refractivity contribution in [1.29, 1.82) is 0 Å². The van der Waals surface area contributed by atoms with E-state index in [0.29, 0.717) is 17.5 Å². The van der Waals surface area contributed by atoms with Gasteiger partial charge in [0.05, 0.1) is 10.2 Å². The molecule has 0 aliphatic heterocycles. The molecule has 130 valence electrons. The van der Waals surface area contributed by atoms with E-state index in [0.717, 1.165) is 23.1 Å². The lowest BCUT2D eigenvalue weighted by molar-refractivity contribution is -0.130. The summed E-state index contributed by atoms with van der Waals surface area (Å²) in [5.74, 6) is 0.00554. The average Bonchev–Trinajstić information content (AvgIpc) is 3.02. The van der Waals surface area contributed by atoms with Crippen molar-refractivity contribution in [3.05, 3.63) is 24.3 Å². The Labute approximate surface area is 145 Å². The molecule has 1 aliphatic rings. The van der Waals surface area contributed by atoms with Crippen LogP contribution >= 0.6 is 11.3 Å². The zero-order valence-corrected chi connectivity index (χ0v) is 14.4. The summed E-state index contributed by atoms with van der Waals surface area (Å²) in [5.41, 5.74) is 12.2. The van der Waals surface area contributed by atoms with E-state index in [1.165, 1.54) is 30.6 Å². The molecule has 1 amide bonds. The zero-order chi connectivity index (χ0) is 16.9. The minimum atomic E-state index is -1.21. The quantitative estimate of drug-likeness (QED) is 0.601. The number of thiazole rings is 1. The molecular formula is C17H24N4O2S. The van der Waals surface area contributed by atoms with Crippen LogP contribution in [0.2, 0.25) is 0 Å². The maximum absolute atomic E-state index is 12.1. The van der Waals surface area contributed by atoms with Gasteiger partial charge in [-0.05, 0) is 24.5 Å². The van der Waals surface area contributed by atoms with Crippen LogP contribution in [-0.4, -0.2) is 28.1 Å². The number of nitrogens with one attached hydrogen (secondary N) is 2. The molecule has 7 heteroatoms. The van der Waals surface area contributed by atoms with Gasteiger partial charge in [0.25, 0.3) is 5.91 Å². The first-order chi connectivity index (χ1) is 11.6. The summed E-state index contributed by atoms with van der Waals surface area (Å²) in [7, 11) is 0. The molecule has 1 heterocycles. The third-order valence-corrected chi connectivity index (χ3v) is 5.54. The molecule has 1 saturated carbocycles. The Kier molecular flexibility index (Phi) is 5.65. The van der Waals surface area contributed by atoms with Crippen LogP contribution in [0, 0.1) is 5.92 Å². The smallest absolute Gasteiger partial charge is 0.268 e. The minimum Gasteiger partial charge on any atom is -0.382 e. The van der Waals surface area contributed by atoms with E-state index in [2.05, 4.69) is 15.8 Å². The molecule has 3 rings (SSSR count). The molecular weight excluding hydrogens is 324 g/mol. The summed E-state index contributed by atoms with van der Waals surface area (Å²) in [6.07, 6.45) is 5.49. The second-order valence-corrected chi connectivity index (χ2v) is 7.48. The Hall–Kier alpha value is -1.70. The van der Waals surface area contributed by atoms with E-state index in [1.807, 2.05) is 24.3 Å². The van der Waals surface area contributed by atoms with Crippen molar-refractivity contribution < 1.29 is 9.90 Å². The lowest BCUT2D eigenvalue weighted by Crippen LogP contribution is -2.48. The van der Waals surface area contributed by atoms with Gasteiger partial charge in [-0.25, -0.2) is 4.98 Å². The lowest BCUT2D eigenvalue weighted by Gasteiger charge is -2.26. The number of aromatic nitrogens is 1. The van der Waals surface area contributed by atoms with Gasteiger partial charge in [0.2, 0.25) is 5.13 Å². The Balaban J connectivity index is 1.49. The SMILES string of the molecule is NC(CC1CCCCC1)C(O)C(=O)NNc1nc2ccccc2s1. The van der Waals surface area contributed by atoms with Gasteiger partial charge < -0.3 is 10.8 Å². The van der Waals surface area contributed by atoms with Gasteiger partial charge in [0.15, 0.2) is 0 Å². The fourth-order valence-corrected chi connectivity index (χ4v) is 4.06. The molecule has 5 N–H and O–H groups in total. The van der Waals surface area contributed by atoms with Crippen molar-refractivity contribution >= 4 is 32.6 Å². The summed E-state index contributed by atoms with van der Waals surface area (Å²) in [5, 5.41) is 10.7. The highest BCUT2D eigenvalue weighted by Gasteiger charge is 2.26. The topological polar surface area (TPSA) is 100 Å². The van der Waals surface area contributed by atoms with Gasteiger partial charge in [-0.2, -0.15) is 0 Å².